The van der Waals surface area contributed by atoms with E-state index < -0.39 is 0 Å². The summed E-state index contributed by atoms with van der Waals surface area (Å²) in [4.78, 5) is 13.7. The standard InChI is InChI=1S/C26H26ClN3O4S/c1-31-15-33-26(8-2-9-26)25-29-13-22(35-25)23-19-11-21(30-24(19)28-12-20(23)27)16-3-5-17(6-4-16)34-18-7-10-32-14-18/h3-6,11-13,18H,2,7-10,14-15H2,1H3,(H,28,30). The van der Waals surface area contributed by atoms with Gasteiger partial charge >= 0.3 is 0 Å². The second kappa shape index (κ2) is 9.52. The minimum absolute atomic E-state index is 0.131. The molecule has 4 aromatic rings. The third-order valence-corrected chi connectivity index (χ3v) is 8.21. The molecule has 6 rings (SSSR count). The van der Waals surface area contributed by atoms with Crippen molar-refractivity contribution in [3.05, 3.63) is 52.8 Å². The summed E-state index contributed by atoms with van der Waals surface area (Å²) in [5.74, 6) is 0.847. The van der Waals surface area contributed by atoms with E-state index in [2.05, 4.69) is 28.2 Å². The Labute approximate surface area is 212 Å². The fourth-order valence-electron chi connectivity index (χ4n) is 4.66. The average Bonchev–Trinajstić information content (AvgIpc) is 3.60. The van der Waals surface area contributed by atoms with Gasteiger partial charge in [-0.3, -0.25) is 0 Å². The molecule has 4 heterocycles. The number of aromatic nitrogens is 3. The van der Waals surface area contributed by atoms with Crippen LogP contribution in [0.5, 0.6) is 5.75 Å². The number of fused-ring (bicyclic) bond motifs is 1. The van der Waals surface area contributed by atoms with Crippen LogP contribution in [0.4, 0.5) is 0 Å². The molecule has 0 amide bonds. The average molecular weight is 512 g/mol. The number of thiazole rings is 1. The highest BCUT2D eigenvalue weighted by Crippen LogP contribution is 2.48. The van der Waals surface area contributed by atoms with Gasteiger partial charge in [0.05, 0.1) is 23.1 Å². The Morgan fingerprint density at radius 3 is 2.77 bits per heavy atom. The van der Waals surface area contributed by atoms with Crippen LogP contribution in [-0.2, 0) is 19.8 Å². The Morgan fingerprint density at radius 2 is 2.06 bits per heavy atom. The van der Waals surface area contributed by atoms with Crippen molar-refractivity contribution in [1.82, 2.24) is 15.0 Å². The lowest BCUT2D eigenvalue weighted by Crippen LogP contribution is -2.37. The van der Waals surface area contributed by atoms with E-state index in [9.17, 15) is 0 Å². The number of aromatic amines is 1. The summed E-state index contributed by atoms with van der Waals surface area (Å²) in [6, 6.07) is 10.2. The predicted molar refractivity (Wildman–Crippen MR) is 136 cm³/mol. The minimum Gasteiger partial charge on any atom is -0.488 e. The molecule has 2 fully saturated rings. The highest BCUT2D eigenvalue weighted by Gasteiger charge is 2.43. The topological polar surface area (TPSA) is 78.5 Å². The first-order valence-corrected chi connectivity index (χ1v) is 13.0. The molecule has 1 aliphatic heterocycles. The lowest BCUT2D eigenvalue weighted by Gasteiger charge is -2.39. The smallest absolute Gasteiger partial charge is 0.147 e. The van der Waals surface area contributed by atoms with Crippen molar-refractivity contribution in [1.29, 1.82) is 0 Å². The van der Waals surface area contributed by atoms with E-state index >= 15 is 0 Å². The largest absolute Gasteiger partial charge is 0.488 e. The second-order valence-corrected chi connectivity index (χ2v) is 10.4. The molecule has 0 radical (unpaired) electrons. The molecule has 0 spiro atoms. The zero-order valence-corrected chi connectivity index (χ0v) is 21.0. The Morgan fingerprint density at radius 1 is 1.20 bits per heavy atom. The van der Waals surface area contributed by atoms with Crippen LogP contribution in [0.25, 0.3) is 32.7 Å². The minimum atomic E-state index is -0.352. The summed E-state index contributed by atoms with van der Waals surface area (Å²) < 4.78 is 22.6. The van der Waals surface area contributed by atoms with Gasteiger partial charge in [-0.15, -0.1) is 11.3 Å². The molecular formula is C26H26ClN3O4S. The maximum Gasteiger partial charge on any atom is 0.147 e. The molecule has 1 aromatic carbocycles. The Bertz CT molecular complexity index is 1330. The summed E-state index contributed by atoms with van der Waals surface area (Å²) in [5, 5.41) is 2.53. The predicted octanol–water partition coefficient (Wildman–Crippen LogP) is 6.17. The van der Waals surface area contributed by atoms with Crippen LogP contribution in [0.15, 0.2) is 42.7 Å². The zero-order chi connectivity index (χ0) is 23.8. The van der Waals surface area contributed by atoms with Crippen molar-refractivity contribution in [3.63, 3.8) is 0 Å². The highest BCUT2D eigenvalue weighted by atomic mass is 35.5. The molecule has 7 nitrogen and oxygen atoms in total. The van der Waals surface area contributed by atoms with Gasteiger partial charge in [-0.25, -0.2) is 9.97 Å². The number of halogens is 1. The molecule has 3 aromatic heterocycles. The maximum atomic E-state index is 6.67. The quantitative estimate of drug-likeness (QED) is 0.285. The molecule has 0 bridgehead atoms. The SMILES string of the molecule is COCOC1(c2ncc(-c3c(Cl)cnc4[nH]c(-c5ccc(OC6CCOC6)cc5)cc34)s2)CCC1. The molecule has 2 aliphatic rings. The van der Waals surface area contributed by atoms with E-state index in [-0.39, 0.29) is 18.5 Å². The summed E-state index contributed by atoms with van der Waals surface area (Å²) in [7, 11) is 1.64. The molecule has 1 unspecified atom stereocenters. The van der Waals surface area contributed by atoms with Gasteiger partial charge in [0.2, 0.25) is 0 Å². The first kappa shape index (κ1) is 22.9. The first-order chi connectivity index (χ1) is 17.1. The van der Waals surface area contributed by atoms with Crippen LogP contribution in [0, 0.1) is 0 Å². The van der Waals surface area contributed by atoms with E-state index in [4.69, 9.17) is 35.5 Å². The molecule has 1 atom stereocenters. The lowest BCUT2D eigenvalue weighted by molar-refractivity contribution is -0.171. The summed E-state index contributed by atoms with van der Waals surface area (Å²) >= 11 is 8.30. The number of nitrogens with one attached hydrogen (secondary N) is 1. The monoisotopic (exact) mass is 511 g/mol. The number of benzene rings is 1. The van der Waals surface area contributed by atoms with E-state index in [0.717, 1.165) is 75.8 Å². The summed E-state index contributed by atoms with van der Waals surface area (Å²) in [5.41, 5.74) is 3.38. The zero-order valence-electron chi connectivity index (χ0n) is 19.4. The molecule has 1 saturated heterocycles. The van der Waals surface area contributed by atoms with Crippen LogP contribution >= 0.6 is 22.9 Å². The molecule has 35 heavy (non-hydrogen) atoms. The van der Waals surface area contributed by atoms with E-state index in [1.54, 1.807) is 24.6 Å². The third kappa shape index (κ3) is 4.34. The normalized spacial score (nSPS) is 19.2. The van der Waals surface area contributed by atoms with Gasteiger partial charge in [-0.05, 0) is 55.2 Å². The van der Waals surface area contributed by atoms with Crippen LogP contribution < -0.4 is 4.74 Å². The van der Waals surface area contributed by atoms with Crippen molar-refractivity contribution in [2.75, 3.05) is 27.1 Å². The van der Waals surface area contributed by atoms with Gasteiger partial charge in [-0.2, -0.15) is 0 Å². The number of hydrogen-bond acceptors (Lipinski definition) is 7. The maximum absolute atomic E-state index is 6.67. The van der Waals surface area contributed by atoms with Gasteiger partial charge < -0.3 is 23.9 Å². The van der Waals surface area contributed by atoms with Gasteiger partial charge in [-0.1, -0.05) is 11.6 Å². The van der Waals surface area contributed by atoms with Gasteiger partial charge in [0, 0.05) is 42.6 Å². The fraction of sp³-hybridized carbons (Fsp3) is 0.385. The molecule has 1 saturated carbocycles. The highest BCUT2D eigenvalue weighted by molar-refractivity contribution is 7.15. The number of methoxy groups -OCH3 is 1. The van der Waals surface area contributed by atoms with E-state index in [0.29, 0.717) is 11.6 Å². The molecule has 1 aliphatic carbocycles. The van der Waals surface area contributed by atoms with Crippen molar-refractivity contribution in [2.24, 2.45) is 0 Å². The van der Waals surface area contributed by atoms with Crippen LogP contribution in [0.1, 0.15) is 30.7 Å². The number of nitrogens with zero attached hydrogens (tertiary/aromatic N) is 2. The van der Waals surface area contributed by atoms with Crippen molar-refractivity contribution < 1.29 is 18.9 Å². The summed E-state index contributed by atoms with van der Waals surface area (Å²) in [6.07, 6.45) is 7.67. The van der Waals surface area contributed by atoms with E-state index in [1.165, 1.54) is 0 Å². The fourth-order valence-corrected chi connectivity index (χ4v) is 6.16. The first-order valence-electron chi connectivity index (χ1n) is 11.8. The number of ether oxygens (including phenoxy) is 4. The molecule has 182 valence electrons. The second-order valence-electron chi connectivity index (χ2n) is 8.98. The molecular weight excluding hydrogens is 486 g/mol. The van der Waals surface area contributed by atoms with Crippen molar-refractivity contribution in [2.45, 2.75) is 37.4 Å². The van der Waals surface area contributed by atoms with Crippen LogP contribution in [-0.4, -0.2) is 48.2 Å². The lowest BCUT2D eigenvalue weighted by atomic mass is 9.80. The number of H-pyrrole nitrogens is 1. The van der Waals surface area contributed by atoms with Crippen molar-refractivity contribution >= 4 is 34.0 Å². The number of pyridine rings is 1. The Kier molecular flexibility index (Phi) is 6.24. The number of hydrogen-bond donors (Lipinski definition) is 1. The Hall–Kier alpha value is -2.49. The Balaban J connectivity index is 1.30. The third-order valence-electron chi connectivity index (χ3n) is 6.72. The number of rotatable bonds is 8. The van der Waals surface area contributed by atoms with Gasteiger partial charge in [0.25, 0.3) is 0 Å². The van der Waals surface area contributed by atoms with Crippen LogP contribution in [0.3, 0.4) is 0 Å². The molecule has 9 heteroatoms. The van der Waals surface area contributed by atoms with Crippen LogP contribution in [0.2, 0.25) is 5.02 Å². The van der Waals surface area contributed by atoms with E-state index in [1.807, 2.05) is 18.3 Å². The van der Waals surface area contributed by atoms with Gasteiger partial charge in [0.15, 0.2) is 0 Å². The van der Waals surface area contributed by atoms with Gasteiger partial charge in [0.1, 0.15) is 34.9 Å². The summed E-state index contributed by atoms with van der Waals surface area (Å²) in [6.45, 7) is 1.67. The van der Waals surface area contributed by atoms with Crippen molar-refractivity contribution in [3.8, 4) is 27.4 Å². The molecule has 1 N–H and O–H groups in total.